The number of hydrogen-bond acceptors (Lipinski definition) is 2. The first-order valence-corrected chi connectivity index (χ1v) is 12.4. The average Bonchev–Trinajstić information content (AvgIpc) is 2.62. The molecule has 0 spiro atoms. The molecule has 3 nitrogen and oxygen atoms in total. The van der Waals surface area contributed by atoms with Crippen LogP contribution in [0.4, 0.5) is 0 Å². The van der Waals surface area contributed by atoms with E-state index in [0.29, 0.717) is 11.5 Å². The number of benzene rings is 1. The first-order chi connectivity index (χ1) is 12.9. The Hall–Kier alpha value is -0.870. The van der Waals surface area contributed by atoms with Gasteiger partial charge in [0.05, 0.1) is 4.90 Å². The predicted molar refractivity (Wildman–Crippen MR) is 115 cm³/mol. The third-order valence-electron chi connectivity index (χ3n) is 5.61. The van der Waals surface area contributed by atoms with Crippen LogP contribution in [-0.2, 0) is 10.1 Å². The maximum absolute atomic E-state index is 11.5. The Balaban J connectivity index is 2.29. The van der Waals surface area contributed by atoms with E-state index in [2.05, 4.69) is 13.8 Å². The standard InChI is InChI=1S/C23H40O3S/c1-4-6-7-8-9-10-11-12-13-14-15-16-21(5-2)22-18-17-20(3)23(19-22)27(24,25)26/h17-19,21H,4-16H2,1-3H3,(H,24,25,26). The van der Waals surface area contributed by atoms with Gasteiger partial charge in [0.2, 0.25) is 0 Å². The summed E-state index contributed by atoms with van der Waals surface area (Å²) in [4.78, 5) is 0.0531. The first-order valence-electron chi connectivity index (χ1n) is 11.0. The molecule has 1 atom stereocenters. The SMILES string of the molecule is CCCCCCCCCCCCCC(CC)c1ccc(C)c(S(=O)(=O)O)c1. The number of hydrogen-bond donors (Lipinski definition) is 1. The van der Waals surface area contributed by atoms with Gasteiger partial charge in [-0.3, -0.25) is 4.55 Å². The molecule has 0 aromatic heterocycles. The highest BCUT2D eigenvalue weighted by molar-refractivity contribution is 7.85. The zero-order valence-corrected chi connectivity index (χ0v) is 18.5. The van der Waals surface area contributed by atoms with Crippen LogP contribution in [-0.4, -0.2) is 13.0 Å². The second-order valence-corrected chi connectivity index (χ2v) is 9.32. The van der Waals surface area contributed by atoms with Crippen molar-refractivity contribution in [3.63, 3.8) is 0 Å². The van der Waals surface area contributed by atoms with Crippen molar-refractivity contribution in [3.8, 4) is 0 Å². The third kappa shape index (κ3) is 9.75. The summed E-state index contributed by atoms with van der Waals surface area (Å²) in [6.45, 7) is 6.13. The van der Waals surface area contributed by atoms with Crippen LogP contribution in [0.15, 0.2) is 23.1 Å². The van der Waals surface area contributed by atoms with E-state index in [1.165, 1.54) is 70.6 Å². The lowest BCUT2D eigenvalue weighted by Gasteiger charge is -2.17. The van der Waals surface area contributed by atoms with E-state index < -0.39 is 10.1 Å². The van der Waals surface area contributed by atoms with Crippen molar-refractivity contribution in [2.75, 3.05) is 0 Å². The van der Waals surface area contributed by atoms with Crippen molar-refractivity contribution in [2.45, 2.75) is 115 Å². The molecule has 0 aliphatic rings. The number of unbranched alkanes of at least 4 members (excludes halogenated alkanes) is 10. The lowest BCUT2D eigenvalue weighted by Crippen LogP contribution is -2.04. The van der Waals surface area contributed by atoms with E-state index in [0.717, 1.165) is 18.4 Å². The van der Waals surface area contributed by atoms with Gasteiger partial charge in [-0.05, 0) is 42.9 Å². The third-order valence-corrected chi connectivity index (χ3v) is 6.61. The van der Waals surface area contributed by atoms with Crippen molar-refractivity contribution in [2.24, 2.45) is 0 Å². The van der Waals surface area contributed by atoms with Crippen molar-refractivity contribution >= 4 is 10.1 Å². The van der Waals surface area contributed by atoms with Crippen LogP contribution in [0.5, 0.6) is 0 Å². The molecule has 1 unspecified atom stereocenters. The van der Waals surface area contributed by atoms with Gasteiger partial charge in [0, 0.05) is 0 Å². The fraction of sp³-hybridized carbons (Fsp3) is 0.739. The van der Waals surface area contributed by atoms with Gasteiger partial charge in [-0.1, -0.05) is 96.6 Å². The molecule has 0 fully saturated rings. The highest BCUT2D eigenvalue weighted by Gasteiger charge is 2.17. The first kappa shape index (κ1) is 24.2. The molecule has 0 aliphatic heterocycles. The average molecular weight is 397 g/mol. The van der Waals surface area contributed by atoms with Crippen molar-refractivity contribution in [1.82, 2.24) is 0 Å². The molecule has 1 rings (SSSR count). The summed E-state index contributed by atoms with van der Waals surface area (Å²) in [5.74, 6) is 0.365. The van der Waals surface area contributed by atoms with Crippen molar-refractivity contribution < 1.29 is 13.0 Å². The highest BCUT2D eigenvalue weighted by atomic mass is 32.2. The Labute approximate surface area is 167 Å². The molecule has 1 aromatic rings. The smallest absolute Gasteiger partial charge is 0.282 e. The van der Waals surface area contributed by atoms with E-state index in [9.17, 15) is 13.0 Å². The largest absolute Gasteiger partial charge is 0.294 e. The zero-order chi connectivity index (χ0) is 20.1. The van der Waals surface area contributed by atoms with E-state index in [1.54, 1.807) is 13.0 Å². The van der Waals surface area contributed by atoms with Gasteiger partial charge >= 0.3 is 0 Å². The van der Waals surface area contributed by atoms with E-state index in [-0.39, 0.29) is 4.90 Å². The summed E-state index contributed by atoms with van der Waals surface area (Å²) in [7, 11) is -4.14. The summed E-state index contributed by atoms with van der Waals surface area (Å²) in [6, 6.07) is 5.48. The quantitative estimate of drug-likeness (QED) is 0.247. The fourth-order valence-corrected chi connectivity index (χ4v) is 4.57. The van der Waals surface area contributed by atoms with Gasteiger partial charge in [0.15, 0.2) is 0 Å². The Kier molecular flexibility index (Phi) is 11.9. The van der Waals surface area contributed by atoms with Crippen LogP contribution in [0.3, 0.4) is 0 Å². The Bertz CT molecular complexity index is 623. The molecule has 0 aliphatic carbocycles. The van der Waals surface area contributed by atoms with Crippen LogP contribution in [0.25, 0.3) is 0 Å². The maximum Gasteiger partial charge on any atom is 0.294 e. The van der Waals surface area contributed by atoms with Gasteiger partial charge in [-0.2, -0.15) is 8.42 Å². The van der Waals surface area contributed by atoms with Gasteiger partial charge in [0.25, 0.3) is 10.1 Å². The summed E-state index contributed by atoms with van der Waals surface area (Å²) in [5.41, 5.74) is 1.63. The molecule has 0 bridgehead atoms. The normalized spacial score (nSPS) is 13.0. The predicted octanol–water partition coefficient (Wildman–Crippen LogP) is 7.44. The van der Waals surface area contributed by atoms with Crippen LogP contribution in [0.1, 0.15) is 114 Å². The lowest BCUT2D eigenvalue weighted by atomic mass is 9.90. The van der Waals surface area contributed by atoms with Crippen LogP contribution in [0.2, 0.25) is 0 Å². The number of rotatable bonds is 15. The second kappa shape index (κ2) is 13.3. The minimum Gasteiger partial charge on any atom is -0.282 e. The second-order valence-electron chi connectivity index (χ2n) is 7.93. The van der Waals surface area contributed by atoms with Crippen LogP contribution < -0.4 is 0 Å². The summed E-state index contributed by atoms with van der Waals surface area (Å²) in [6.07, 6.45) is 16.8. The minimum atomic E-state index is -4.14. The molecule has 0 amide bonds. The minimum absolute atomic E-state index is 0.0531. The van der Waals surface area contributed by atoms with Crippen molar-refractivity contribution in [3.05, 3.63) is 29.3 Å². The molecule has 156 valence electrons. The summed E-state index contributed by atoms with van der Waals surface area (Å²) >= 11 is 0. The molecule has 0 saturated carbocycles. The Morgan fingerprint density at radius 1 is 0.852 bits per heavy atom. The fourth-order valence-electron chi connectivity index (χ4n) is 3.81. The number of aryl methyl sites for hydroxylation is 1. The molecule has 4 heteroatoms. The topological polar surface area (TPSA) is 54.4 Å². The van der Waals surface area contributed by atoms with Gasteiger partial charge in [-0.15, -0.1) is 0 Å². The maximum atomic E-state index is 11.5. The lowest BCUT2D eigenvalue weighted by molar-refractivity contribution is 0.481. The summed E-state index contributed by atoms with van der Waals surface area (Å²) < 4.78 is 32.5. The highest BCUT2D eigenvalue weighted by Crippen LogP contribution is 2.29. The van der Waals surface area contributed by atoms with Crippen LogP contribution in [0, 0.1) is 6.92 Å². The molecular formula is C23H40O3S. The van der Waals surface area contributed by atoms with E-state index >= 15 is 0 Å². The van der Waals surface area contributed by atoms with Gasteiger partial charge < -0.3 is 0 Å². The Morgan fingerprint density at radius 2 is 1.37 bits per heavy atom. The van der Waals surface area contributed by atoms with Gasteiger partial charge in [0.1, 0.15) is 0 Å². The monoisotopic (exact) mass is 396 g/mol. The molecule has 1 aromatic carbocycles. The van der Waals surface area contributed by atoms with Crippen molar-refractivity contribution in [1.29, 1.82) is 0 Å². The van der Waals surface area contributed by atoms with Crippen LogP contribution >= 0.6 is 0 Å². The molecular weight excluding hydrogens is 356 g/mol. The molecule has 0 heterocycles. The zero-order valence-electron chi connectivity index (χ0n) is 17.7. The molecule has 0 radical (unpaired) electrons. The van der Waals surface area contributed by atoms with E-state index in [4.69, 9.17) is 0 Å². The summed E-state index contributed by atoms with van der Waals surface area (Å²) in [5, 5.41) is 0. The Morgan fingerprint density at radius 3 is 1.85 bits per heavy atom. The molecule has 27 heavy (non-hydrogen) atoms. The van der Waals surface area contributed by atoms with Gasteiger partial charge in [-0.25, -0.2) is 0 Å². The molecule has 0 saturated heterocycles. The molecule has 1 N–H and O–H groups in total. The van der Waals surface area contributed by atoms with E-state index in [1.807, 2.05) is 12.1 Å².